The van der Waals surface area contributed by atoms with Crippen LogP contribution in [0.15, 0.2) is 42.6 Å². The minimum Gasteiger partial charge on any atom is -0.319 e. The number of hydrogen-bond acceptors (Lipinski definition) is 2. The summed E-state index contributed by atoms with van der Waals surface area (Å²) in [6.45, 7) is 1.84. The van der Waals surface area contributed by atoms with Crippen molar-refractivity contribution in [3.63, 3.8) is 0 Å². The fourth-order valence-corrected chi connectivity index (χ4v) is 1.67. The van der Waals surface area contributed by atoms with Gasteiger partial charge in [-0.3, -0.25) is 4.98 Å². The van der Waals surface area contributed by atoms with Crippen molar-refractivity contribution in [1.82, 2.24) is 4.98 Å². The van der Waals surface area contributed by atoms with E-state index in [1.165, 1.54) is 12.1 Å². The average Bonchev–Trinajstić information content (AvgIpc) is 2.28. The van der Waals surface area contributed by atoms with Gasteiger partial charge in [0.15, 0.2) is 0 Å². The van der Waals surface area contributed by atoms with Crippen molar-refractivity contribution < 1.29 is 4.39 Å². The second-order valence-corrected chi connectivity index (χ2v) is 3.79. The Morgan fingerprint density at radius 2 is 2.06 bits per heavy atom. The van der Waals surface area contributed by atoms with Crippen molar-refractivity contribution >= 4 is 0 Å². The maximum atomic E-state index is 13.2. The van der Waals surface area contributed by atoms with Crippen molar-refractivity contribution in [3.05, 3.63) is 65.2 Å². The van der Waals surface area contributed by atoms with E-state index in [0.717, 1.165) is 16.8 Å². The van der Waals surface area contributed by atoms with Gasteiger partial charge in [0.2, 0.25) is 0 Å². The first-order valence-corrected chi connectivity index (χ1v) is 5.10. The fraction of sp³-hybridized carbons (Fsp3) is 0.154. The molecule has 0 saturated carbocycles. The molecule has 0 bridgehead atoms. The van der Waals surface area contributed by atoms with E-state index in [1.807, 2.05) is 31.2 Å². The quantitative estimate of drug-likeness (QED) is 0.838. The van der Waals surface area contributed by atoms with Crippen molar-refractivity contribution in [3.8, 4) is 0 Å². The van der Waals surface area contributed by atoms with Crippen LogP contribution in [0.5, 0.6) is 0 Å². The van der Waals surface area contributed by atoms with E-state index in [2.05, 4.69) is 4.98 Å². The molecular formula is C13H13FN2. The molecule has 0 amide bonds. The fourth-order valence-electron chi connectivity index (χ4n) is 1.67. The van der Waals surface area contributed by atoms with Gasteiger partial charge in [-0.05, 0) is 42.3 Å². The van der Waals surface area contributed by atoms with E-state index in [-0.39, 0.29) is 11.9 Å². The molecule has 1 unspecified atom stereocenters. The zero-order valence-electron chi connectivity index (χ0n) is 9.02. The third-order valence-corrected chi connectivity index (χ3v) is 2.43. The molecule has 0 spiro atoms. The van der Waals surface area contributed by atoms with Gasteiger partial charge in [-0.15, -0.1) is 0 Å². The summed E-state index contributed by atoms with van der Waals surface area (Å²) >= 11 is 0. The van der Waals surface area contributed by atoms with Gasteiger partial charge in [0.05, 0.1) is 11.7 Å². The van der Waals surface area contributed by atoms with Crippen molar-refractivity contribution in [1.29, 1.82) is 0 Å². The van der Waals surface area contributed by atoms with Gasteiger partial charge in [0.25, 0.3) is 0 Å². The molecule has 1 heterocycles. The van der Waals surface area contributed by atoms with Crippen LogP contribution in [0.1, 0.15) is 22.9 Å². The van der Waals surface area contributed by atoms with Gasteiger partial charge in [0.1, 0.15) is 5.82 Å². The normalized spacial score (nSPS) is 12.4. The Balaban J connectivity index is 2.37. The lowest BCUT2D eigenvalue weighted by Crippen LogP contribution is -2.13. The largest absolute Gasteiger partial charge is 0.319 e. The van der Waals surface area contributed by atoms with E-state index in [4.69, 9.17) is 5.73 Å². The second-order valence-electron chi connectivity index (χ2n) is 3.79. The zero-order chi connectivity index (χ0) is 11.5. The maximum Gasteiger partial charge on any atom is 0.123 e. The van der Waals surface area contributed by atoms with E-state index in [1.54, 1.807) is 6.20 Å². The summed E-state index contributed by atoms with van der Waals surface area (Å²) in [5, 5.41) is 0. The van der Waals surface area contributed by atoms with E-state index in [9.17, 15) is 4.39 Å². The van der Waals surface area contributed by atoms with Crippen LogP contribution in [0, 0.1) is 12.7 Å². The third kappa shape index (κ3) is 2.25. The molecule has 16 heavy (non-hydrogen) atoms. The molecule has 1 aromatic carbocycles. The standard InChI is InChI=1S/C13H13FN2/c1-9-6-10(8-11(14)7-9)13(15)12-4-2-3-5-16-12/h2-8,13H,15H2,1H3. The number of aryl methyl sites for hydroxylation is 1. The number of benzene rings is 1. The summed E-state index contributed by atoms with van der Waals surface area (Å²) in [7, 11) is 0. The summed E-state index contributed by atoms with van der Waals surface area (Å²) in [4.78, 5) is 4.17. The van der Waals surface area contributed by atoms with Crippen LogP contribution in [0.4, 0.5) is 4.39 Å². The molecule has 1 atom stereocenters. The van der Waals surface area contributed by atoms with Gasteiger partial charge in [-0.1, -0.05) is 12.1 Å². The number of pyridine rings is 1. The molecule has 2 aromatic rings. The summed E-state index contributed by atoms with van der Waals surface area (Å²) in [6, 6.07) is 9.96. The molecular weight excluding hydrogens is 203 g/mol. The Bertz CT molecular complexity index is 462. The first-order chi connectivity index (χ1) is 7.66. The Morgan fingerprint density at radius 3 is 2.69 bits per heavy atom. The topological polar surface area (TPSA) is 38.9 Å². The van der Waals surface area contributed by atoms with Crippen LogP contribution in [0.25, 0.3) is 0 Å². The van der Waals surface area contributed by atoms with Crippen LogP contribution < -0.4 is 5.73 Å². The monoisotopic (exact) mass is 216 g/mol. The van der Waals surface area contributed by atoms with Gasteiger partial charge < -0.3 is 5.73 Å². The van der Waals surface area contributed by atoms with Crippen LogP contribution in [-0.2, 0) is 0 Å². The van der Waals surface area contributed by atoms with Crippen LogP contribution in [-0.4, -0.2) is 4.98 Å². The number of aromatic nitrogens is 1. The van der Waals surface area contributed by atoms with Crippen molar-refractivity contribution in [2.75, 3.05) is 0 Å². The Labute approximate surface area is 93.9 Å². The number of halogens is 1. The van der Waals surface area contributed by atoms with Crippen molar-refractivity contribution in [2.45, 2.75) is 13.0 Å². The molecule has 0 saturated heterocycles. The Hall–Kier alpha value is -1.74. The highest BCUT2D eigenvalue weighted by Gasteiger charge is 2.10. The van der Waals surface area contributed by atoms with E-state index >= 15 is 0 Å². The van der Waals surface area contributed by atoms with Crippen molar-refractivity contribution in [2.24, 2.45) is 5.73 Å². The molecule has 0 aliphatic carbocycles. The first kappa shape index (κ1) is 10.8. The highest BCUT2D eigenvalue weighted by Crippen LogP contribution is 2.19. The lowest BCUT2D eigenvalue weighted by atomic mass is 10.0. The Kier molecular flexibility index (Phi) is 2.97. The number of nitrogens with two attached hydrogens (primary N) is 1. The lowest BCUT2D eigenvalue weighted by Gasteiger charge is -2.12. The van der Waals surface area contributed by atoms with Gasteiger partial charge in [-0.2, -0.15) is 0 Å². The van der Waals surface area contributed by atoms with Crippen LogP contribution in [0.3, 0.4) is 0 Å². The smallest absolute Gasteiger partial charge is 0.123 e. The first-order valence-electron chi connectivity index (χ1n) is 5.10. The SMILES string of the molecule is Cc1cc(F)cc(C(N)c2ccccn2)c1. The van der Waals surface area contributed by atoms with E-state index < -0.39 is 0 Å². The highest BCUT2D eigenvalue weighted by molar-refractivity contribution is 5.31. The Morgan fingerprint density at radius 1 is 1.25 bits per heavy atom. The molecule has 2 rings (SSSR count). The molecule has 3 heteroatoms. The molecule has 2 N–H and O–H groups in total. The molecule has 0 fully saturated rings. The molecule has 0 radical (unpaired) electrons. The maximum absolute atomic E-state index is 13.2. The van der Waals surface area contributed by atoms with Crippen LogP contribution >= 0.6 is 0 Å². The molecule has 1 aromatic heterocycles. The minimum absolute atomic E-state index is 0.263. The third-order valence-electron chi connectivity index (χ3n) is 2.43. The number of rotatable bonds is 2. The lowest BCUT2D eigenvalue weighted by molar-refractivity contribution is 0.621. The van der Waals surface area contributed by atoms with Gasteiger partial charge >= 0.3 is 0 Å². The molecule has 0 aliphatic rings. The summed E-state index contributed by atoms with van der Waals surface area (Å²) in [5.74, 6) is -0.263. The van der Waals surface area contributed by atoms with Gasteiger partial charge in [-0.25, -0.2) is 4.39 Å². The summed E-state index contributed by atoms with van der Waals surface area (Å²) in [5.41, 5.74) is 8.38. The highest BCUT2D eigenvalue weighted by atomic mass is 19.1. The zero-order valence-corrected chi connectivity index (χ0v) is 9.02. The van der Waals surface area contributed by atoms with Crippen LogP contribution in [0.2, 0.25) is 0 Å². The minimum atomic E-state index is -0.379. The predicted molar refractivity (Wildman–Crippen MR) is 61.4 cm³/mol. The number of hydrogen-bond donors (Lipinski definition) is 1. The average molecular weight is 216 g/mol. The molecule has 0 aliphatic heterocycles. The molecule has 2 nitrogen and oxygen atoms in total. The summed E-state index contributed by atoms with van der Waals surface area (Å²) < 4.78 is 13.2. The predicted octanol–water partition coefficient (Wildman–Crippen LogP) is 2.58. The number of nitrogens with zero attached hydrogens (tertiary/aromatic N) is 1. The molecule has 82 valence electrons. The van der Waals surface area contributed by atoms with Gasteiger partial charge in [0, 0.05) is 6.20 Å². The van der Waals surface area contributed by atoms with E-state index in [0.29, 0.717) is 0 Å². The summed E-state index contributed by atoms with van der Waals surface area (Å²) in [6.07, 6.45) is 1.68. The second kappa shape index (κ2) is 4.41.